The van der Waals surface area contributed by atoms with Crippen LogP contribution in [-0.4, -0.2) is 23.9 Å². The lowest BCUT2D eigenvalue weighted by molar-refractivity contribution is 0.0951. The highest BCUT2D eigenvalue weighted by molar-refractivity contribution is 7.99. The predicted molar refractivity (Wildman–Crippen MR) is 109 cm³/mol. The highest BCUT2D eigenvalue weighted by Gasteiger charge is 2.37. The summed E-state index contributed by atoms with van der Waals surface area (Å²) in [5, 5.41) is 6.53. The van der Waals surface area contributed by atoms with Crippen molar-refractivity contribution in [1.82, 2.24) is 5.32 Å². The fraction of sp³-hybridized carbons (Fsp3) is 0.381. The van der Waals surface area contributed by atoms with Crippen LogP contribution < -0.4 is 15.5 Å². The molecule has 0 saturated heterocycles. The van der Waals surface area contributed by atoms with Crippen LogP contribution in [0.2, 0.25) is 0 Å². The van der Waals surface area contributed by atoms with Crippen molar-refractivity contribution in [3.8, 4) is 0 Å². The summed E-state index contributed by atoms with van der Waals surface area (Å²) in [6.07, 6.45) is 2.84. The molecule has 1 atom stereocenters. The first-order valence-corrected chi connectivity index (χ1v) is 10.3. The Balaban J connectivity index is 1.40. The number of benzene rings is 2. The van der Waals surface area contributed by atoms with Gasteiger partial charge in [0.05, 0.1) is 17.5 Å². The maximum Gasteiger partial charge on any atom is 0.251 e. The SMILES string of the molecule is CCSc1ccc(CNC(=O)c2ccc3c(c2)NC(C)N3C2CC2)cc1. The van der Waals surface area contributed by atoms with Gasteiger partial charge in [-0.15, -0.1) is 11.8 Å². The van der Waals surface area contributed by atoms with Crippen molar-refractivity contribution in [2.75, 3.05) is 16.0 Å². The van der Waals surface area contributed by atoms with Gasteiger partial charge in [0, 0.05) is 23.0 Å². The van der Waals surface area contributed by atoms with Gasteiger partial charge in [0.1, 0.15) is 0 Å². The lowest BCUT2D eigenvalue weighted by atomic mass is 10.1. The van der Waals surface area contributed by atoms with Crippen molar-refractivity contribution in [2.24, 2.45) is 0 Å². The summed E-state index contributed by atoms with van der Waals surface area (Å²) in [6, 6.07) is 15.0. The molecule has 1 saturated carbocycles. The number of nitrogens with one attached hydrogen (secondary N) is 2. The lowest BCUT2D eigenvalue weighted by Crippen LogP contribution is -2.34. The summed E-state index contributed by atoms with van der Waals surface area (Å²) >= 11 is 1.82. The minimum atomic E-state index is -0.0286. The van der Waals surface area contributed by atoms with Gasteiger partial charge in [-0.2, -0.15) is 0 Å². The van der Waals surface area contributed by atoms with Gasteiger partial charge in [0.15, 0.2) is 0 Å². The van der Waals surface area contributed by atoms with Gasteiger partial charge < -0.3 is 15.5 Å². The largest absolute Gasteiger partial charge is 0.364 e. The molecule has 0 spiro atoms. The van der Waals surface area contributed by atoms with E-state index in [1.807, 2.05) is 23.9 Å². The zero-order chi connectivity index (χ0) is 18.1. The van der Waals surface area contributed by atoms with E-state index in [0.717, 1.165) is 17.0 Å². The fourth-order valence-electron chi connectivity index (χ4n) is 3.54. The minimum absolute atomic E-state index is 0.0286. The summed E-state index contributed by atoms with van der Waals surface area (Å²) in [6.45, 7) is 4.87. The van der Waals surface area contributed by atoms with Crippen molar-refractivity contribution >= 4 is 29.0 Å². The van der Waals surface area contributed by atoms with Gasteiger partial charge in [-0.3, -0.25) is 4.79 Å². The number of rotatable bonds is 6. The second-order valence-electron chi connectivity index (χ2n) is 6.95. The normalized spacial score (nSPS) is 18.4. The van der Waals surface area contributed by atoms with Gasteiger partial charge in [0.2, 0.25) is 0 Å². The Bertz CT molecular complexity index is 801. The van der Waals surface area contributed by atoms with Crippen LogP contribution in [0.4, 0.5) is 11.4 Å². The van der Waals surface area contributed by atoms with E-state index in [1.54, 1.807) is 0 Å². The summed E-state index contributed by atoms with van der Waals surface area (Å²) in [7, 11) is 0. The van der Waals surface area contributed by atoms with Crippen LogP contribution in [0.5, 0.6) is 0 Å². The summed E-state index contributed by atoms with van der Waals surface area (Å²) < 4.78 is 0. The van der Waals surface area contributed by atoms with E-state index in [2.05, 4.69) is 59.7 Å². The van der Waals surface area contributed by atoms with E-state index in [0.29, 0.717) is 24.3 Å². The molecule has 1 heterocycles. The number of thioether (sulfide) groups is 1. The molecule has 0 aromatic heterocycles. The van der Waals surface area contributed by atoms with Crippen LogP contribution in [0.15, 0.2) is 47.4 Å². The third kappa shape index (κ3) is 3.54. The Kier molecular flexibility index (Phi) is 4.81. The van der Waals surface area contributed by atoms with Crippen molar-refractivity contribution < 1.29 is 4.79 Å². The van der Waals surface area contributed by atoms with Crippen LogP contribution in [-0.2, 0) is 6.54 Å². The molecular formula is C21H25N3OS. The standard InChI is InChI=1S/C21H25N3OS/c1-3-26-18-9-4-15(5-10-18)13-22-21(25)16-6-11-20-19(12-16)23-14(2)24(20)17-7-8-17/h4-6,9-12,14,17,23H,3,7-8,13H2,1-2H3,(H,22,25). The van der Waals surface area contributed by atoms with Crippen molar-refractivity contribution in [3.05, 3.63) is 53.6 Å². The number of carbonyl (C=O) groups is 1. The van der Waals surface area contributed by atoms with Crippen molar-refractivity contribution in [2.45, 2.75) is 50.3 Å². The number of carbonyl (C=O) groups excluding carboxylic acids is 1. The Hall–Kier alpha value is -2.14. The maximum atomic E-state index is 12.5. The van der Waals surface area contributed by atoms with E-state index < -0.39 is 0 Å². The van der Waals surface area contributed by atoms with Gasteiger partial charge in [-0.05, 0) is 61.4 Å². The van der Waals surface area contributed by atoms with Crippen LogP contribution in [0.3, 0.4) is 0 Å². The highest BCUT2D eigenvalue weighted by atomic mass is 32.2. The lowest BCUT2D eigenvalue weighted by Gasteiger charge is -2.23. The molecule has 0 radical (unpaired) electrons. The first kappa shape index (κ1) is 17.3. The average molecular weight is 368 g/mol. The summed E-state index contributed by atoms with van der Waals surface area (Å²) in [5.41, 5.74) is 4.12. The van der Waals surface area contributed by atoms with Gasteiger partial charge in [-0.1, -0.05) is 19.1 Å². The molecule has 26 heavy (non-hydrogen) atoms. The highest BCUT2D eigenvalue weighted by Crippen LogP contribution is 2.42. The van der Waals surface area contributed by atoms with E-state index in [-0.39, 0.29) is 5.91 Å². The van der Waals surface area contributed by atoms with Crippen LogP contribution in [0.25, 0.3) is 0 Å². The number of hydrogen-bond donors (Lipinski definition) is 2. The van der Waals surface area contributed by atoms with E-state index >= 15 is 0 Å². The monoisotopic (exact) mass is 367 g/mol. The zero-order valence-electron chi connectivity index (χ0n) is 15.3. The van der Waals surface area contributed by atoms with E-state index in [4.69, 9.17) is 0 Å². The average Bonchev–Trinajstić information content (AvgIpc) is 3.42. The second-order valence-corrected chi connectivity index (χ2v) is 8.29. The fourth-order valence-corrected chi connectivity index (χ4v) is 4.20. The molecule has 1 amide bonds. The molecule has 1 unspecified atom stereocenters. The van der Waals surface area contributed by atoms with E-state index in [1.165, 1.54) is 23.4 Å². The molecule has 1 aliphatic carbocycles. The maximum absolute atomic E-state index is 12.5. The van der Waals surface area contributed by atoms with Crippen molar-refractivity contribution in [1.29, 1.82) is 0 Å². The minimum Gasteiger partial charge on any atom is -0.364 e. The summed E-state index contributed by atoms with van der Waals surface area (Å²) in [4.78, 5) is 16.2. The Morgan fingerprint density at radius 1 is 1.23 bits per heavy atom. The van der Waals surface area contributed by atoms with Gasteiger partial charge in [-0.25, -0.2) is 0 Å². The quantitative estimate of drug-likeness (QED) is 0.740. The molecule has 2 aliphatic rings. The third-order valence-electron chi connectivity index (χ3n) is 4.95. The molecule has 2 aromatic carbocycles. The molecule has 4 rings (SSSR count). The number of anilines is 2. The molecule has 4 nitrogen and oxygen atoms in total. The molecule has 2 aromatic rings. The topological polar surface area (TPSA) is 44.4 Å². The smallest absolute Gasteiger partial charge is 0.251 e. The van der Waals surface area contributed by atoms with Gasteiger partial charge >= 0.3 is 0 Å². The number of amides is 1. The Labute approximate surface area is 159 Å². The molecule has 1 fully saturated rings. The zero-order valence-corrected chi connectivity index (χ0v) is 16.1. The van der Waals surface area contributed by atoms with Crippen LogP contribution in [0, 0.1) is 0 Å². The molecule has 5 heteroatoms. The second kappa shape index (κ2) is 7.23. The van der Waals surface area contributed by atoms with E-state index in [9.17, 15) is 4.79 Å². The molecule has 1 aliphatic heterocycles. The van der Waals surface area contributed by atoms with Crippen molar-refractivity contribution in [3.63, 3.8) is 0 Å². The number of nitrogens with zero attached hydrogens (tertiary/aromatic N) is 1. The predicted octanol–water partition coefficient (Wildman–Crippen LogP) is 4.47. The first-order valence-electron chi connectivity index (χ1n) is 9.34. The Morgan fingerprint density at radius 2 is 2.00 bits per heavy atom. The summed E-state index contributed by atoms with van der Waals surface area (Å²) in [5.74, 6) is 1.04. The molecular weight excluding hydrogens is 342 g/mol. The Morgan fingerprint density at radius 3 is 2.69 bits per heavy atom. The molecule has 2 N–H and O–H groups in total. The number of hydrogen-bond acceptors (Lipinski definition) is 4. The van der Waals surface area contributed by atoms with Gasteiger partial charge in [0.25, 0.3) is 5.91 Å². The van der Waals surface area contributed by atoms with Crippen LogP contribution in [0.1, 0.15) is 42.6 Å². The van der Waals surface area contributed by atoms with Crippen LogP contribution >= 0.6 is 11.8 Å². The third-order valence-corrected chi connectivity index (χ3v) is 5.84. The first-order chi connectivity index (χ1) is 12.7. The number of fused-ring (bicyclic) bond motifs is 1. The molecule has 0 bridgehead atoms. The molecule has 136 valence electrons.